The minimum atomic E-state index is 0.107. The predicted octanol–water partition coefficient (Wildman–Crippen LogP) is 6.38. The second kappa shape index (κ2) is 10.4. The van der Waals surface area contributed by atoms with Crippen molar-refractivity contribution >= 4 is 22.9 Å². The van der Waals surface area contributed by atoms with Crippen molar-refractivity contribution in [2.75, 3.05) is 30.0 Å². The lowest BCUT2D eigenvalue weighted by Gasteiger charge is -2.27. The van der Waals surface area contributed by atoms with Crippen LogP contribution in [0.4, 0.5) is 11.4 Å². The van der Waals surface area contributed by atoms with Crippen molar-refractivity contribution in [1.82, 2.24) is 0 Å². The Balaban J connectivity index is 1.39. The summed E-state index contributed by atoms with van der Waals surface area (Å²) < 4.78 is 5.42. The average Bonchev–Trinajstić information content (AvgIpc) is 3.26. The van der Waals surface area contributed by atoms with Crippen molar-refractivity contribution in [2.45, 2.75) is 58.4 Å². The number of ether oxygens (including phenoxy) is 1. The summed E-state index contributed by atoms with van der Waals surface area (Å²) in [6.45, 7) is 10.8. The molecule has 0 saturated carbocycles. The molecule has 1 N–H and O–H groups in total. The van der Waals surface area contributed by atoms with Crippen molar-refractivity contribution in [3.8, 4) is 0 Å². The Bertz CT molecular complexity index is 944. The Hall–Kier alpha value is -2.59. The second-order valence-corrected chi connectivity index (χ2v) is 9.17. The van der Waals surface area contributed by atoms with Gasteiger partial charge < -0.3 is 15.0 Å². The summed E-state index contributed by atoms with van der Waals surface area (Å²) in [6, 6.07) is 15.4. The Labute approximate surface area is 192 Å². The van der Waals surface area contributed by atoms with E-state index in [9.17, 15) is 4.79 Å². The fourth-order valence-electron chi connectivity index (χ4n) is 4.75. The van der Waals surface area contributed by atoms with Gasteiger partial charge in [-0.3, -0.25) is 4.79 Å². The second-order valence-electron chi connectivity index (χ2n) is 9.17. The summed E-state index contributed by atoms with van der Waals surface area (Å²) in [5.41, 5.74) is 7.17. The highest BCUT2D eigenvalue weighted by Crippen LogP contribution is 2.33. The molecule has 0 bridgehead atoms. The maximum Gasteiger partial charge on any atom is 0.230 e. The van der Waals surface area contributed by atoms with Crippen LogP contribution in [-0.2, 0) is 16.0 Å². The summed E-state index contributed by atoms with van der Waals surface area (Å²) in [5, 5.41) is 3.62. The number of nitrogens with zero attached hydrogens (tertiary/aromatic N) is 1. The molecular weight excluding hydrogens is 396 g/mol. The highest BCUT2D eigenvalue weighted by molar-refractivity contribution is 5.97. The van der Waals surface area contributed by atoms with Gasteiger partial charge in [-0.15, -0.1) is 0 Å². The summed E-state index contributed by atoms with van der Waals surface area (Å²) >= 11 is 0. The number of anilines is 2. The number of amides is 1. The number of nitrogens with one attached hydrogen (secondary N) is 1. The maximum absolute atomic E-state index is 13.0. The monoisotopic (exact) mass is 432 g/mol. The molecule has 0 radical (unpaired) electrons. The van der Waals surface area contributed by atoms with Crippen molar-refractivity contribution in [3.63, 3.8) is 0 Å². The molecule has 2 aliphatic heterocycles. The Morgan fingerprint density at radius 3 is 2.66 bits per heavy atom. The molecule has 0 aromatic heterocycles. The van der Waals surface area contributed by atoms with Gasteiger partial charge in [0, 0.05) is 43.1 Å². The van der Waals surface area contributed by atoms with Crippen LogP contribution in [0.2, 0.25) is 0 Å². The molecule has 2 aromatic rings. The third-order valence-corrected chi connectivity index (χ3v) is 6.84. The fourth-order valence-corrected chi connectivity index (χ4v) is 4.75. The minimum absolute atomic E-state index is 0.107. The lowest BCUT2D eigenvalue weighted by Crippen LogP contribution is -2.37. The third kappa shape index (κ3) is 5.07. The Kier molecular flexibility index (Phi) is 7.31. The number of carbonyl (C=O) groups is 1. The highest BCUT2D eigenvalue weighted by atomic mass is 16.5. The first-order chi connectivity index (χ1) is 15.6. The van der Waals surface area contributed by atoms with Crippen LogP contribution in [0, 0.1) is 5.92 Å². The lowest BCUT2D eigenvalue weighted by molar-refractivity contribution is -0.125. The van der Waals surface area contributed by atoms with Crippen LogP contribution in [0.25, 0.3) is 5.57 Å². The average molecular weight is 433 g/mol. The molecule has 170 valence electrons. The van der Waals surface area contributed by atoms with Crippen LogP contribution in [0.15, 0.2) is 49.0 Å². The van der Waals surface area contributed by atoms with Gasteiger partial charge in [-0.05, 0) is 79.5 Å². The standard InChI is InChI=1S/C28H36N2O2/c1-4-5-6-20(2)22-7-10-26(11-8-22)29-21(3)24-9-12-27-25(19-24)13-16-30(27)28(31)23-14-17-32-18-15-23/h7-12,19,21,23,29H,2,4-6,13-18H2,1,3H3. The molecule has 1 unspecified atom stereocenters. The molecule has 0 spiro atoms. The number of hydrogen-bond acceptors (Lipinski definition) is 3. The highest BCUT2D eigenvalue weighted by Gasteiger charge is 2.31. The van der Waals surface area contributed by atoms with E-state index >= 15 is 0 Å². The van der Waals surface area contributed by atoms with Gasteiger partial charge >= 0.3 is 0 Å². The van der Waals surface area contributed by atoms with Crippen molar-refractivity contribution < 1.29 is 9.53 Å². The minimum Gasteiger partial charge on any atom is -0.381 e. The zero-order valence-electron chi connectivity index (χ0n) is 19.5. The van der Waals surface area contributed by atoms with Crippen LogP contribution in [0.1, 0.15) is 68.7 Å². The molecule has 2 heterocycles. The van der Waals surface area contributed by atoms with E-state index in [2.05, 4.69) is 68.2 Å². The molecule has 32 heavy (non-hydrogen) atoms. The van der Waals surface area contributed by atoms with Crippen molar-refractivity contribution in [3.05, 3.63) is 65.7 Å². The van der Waals surface area contributed by atoms with E-state index in [1.165, 1.54) is 35.1 Å². The number of benzene rings is 2. The summed E-state index contributed by atoms with van der Waals surface area (Å²) in [5.74, 6) is 0.377. The first-order valence-corrected chi connectivity index (χ1v) is 12.1. The molecule has 2 aliphatic rings. The van der Waals surface area contributed by atoms with Crippen LogP contribution >= 0.6 is 0 Å². The fraction of sp³-hybridized carbons (Fsp3) is 0.464. The summed E-state index contributed by atoms with van der Waals surface area (Å²) in [7, 11) is 0. The SMILES string of the molecule is C=C(CCCC)c1ccc(NC(C)c2ccc3c(c2)CCN3C(=O)C2CCOCC2)cc1. The van der Waals surface area contributed by atoms with E-state index < -0.39 is 0 Å². The van der Waals surface area contributed by atoms with Gasteiger partial charge in [-0.1, -0.05) is 44.2 Å². The quantitative estimate of drug-likeness (QED) is 0.526. The molecule has 1 amide bonds. The zero-order valence-corrected chi connectivity index (χ0v) is 19.5. The van der Waals surface area contributed by atoms with Gasteiger partial charge in [-0.25, -0.2) is 0 Å². The normalized spacial score (nSPS) is 17.1. The van der Waals surface area contributed by atoms with Gasteiger partial charge in [0.1, 0.15) is 0 Å². The predicted molar refractivity (Wildman–Crippen MR) is 133 cm³/mol. The van der Waals surface area contributed by atoms with Gasteiger partial charge in [-0.2, -0.15) is 0 Å². The number of rotatable bonds is 8. The van der Waals surface area contributed by atoms with E-state index in [0.29, 0.717) is 13.2 Å². The van der Waals surface area contributed by atoms with Gasteiger partial charge in [0.15, 0.2) is 0 Å². The number of hydrogen-bond donors (Lipinski definition) is 1. The van der Waals surface area contributed by atoms with Crippen LogP contribution in [0.3, 0.4) is 0 Å². The van der Waals surface area contributed by atoms with Crippen LogP contribution < -0.4 is 10.2 Å². The number of allylic oxidation sites excluding steroid dienone is 1. The number of unbranched alkanes of at least 4 members (excludes halogenated alkanes) is 1. The topological polar surface area (TPSA) is 41.6 Å². The van der Waals surface area contributed by atoms with Crippen LogP contribution in [0.5, 0.6) is 0 Å². The smallest absolute Gasteiger partial charge is 0.230 e. The molecule has 0 aliphatic carbocycles. The molecule has 4 rings (SSSR count). The largest absolute Gasteiger partial charge is 0.381 e. The molecule has 1 fully saturated rings. The van der Waals surface area contributed by atoms with Gasteiger partial charge in [0.25, 0.3) is 0 Å². The van der Waals surface area contributed by atoms with Crippen molar-refractivity contribution in [1.29, 1.82) is 0 Å². The number of fused-ring (bicyclic) bond motifs is 1. The number of carbonyl (C=O) groups excluding carboxylic acids is 1. The Morgan fingerprint density at radius 1 is 1.19 bits per heavy atom. The summed E-state index contributed by atoms with van der Waals surface area (Å²) in [4.78, 5) is 15.0. The molecule has 2 aromatic carbocycles. The maximum atomic E-state index is 13.0. The Morgan fingerprint density at radius 2 is 1.94 bits per heavy atom. The molecule has 1 atom stereocenters. The molecular formula is C28H36N2O2. The van der Waals surface area contributed by atoms with Gasteiger partial charge in [0.2, 0.25) is 5.91 Å². The molecule has 1 saturated heterocycles. The van der Waals surface area contributed by atoms with E-state index in [-0.39, 0.29) is 17.9 Å². The molecule has 4 nitrogen and oxygen atoms in total. The van der Waals surface area contributed by atoms with E-state index in [0.717, 1.165) is 43.6 Å². The first-order valence-electron chi connectivity index (χ1n) is 12.1. The van der Waals surface area contributed by atoms with E-state index in [1.807, 2.05) is 4.90 Å². The first kappa shape index (κ1) is 22.6. The van der Waals surface area contributed by atoms with Crippen LogP contribution in [-0.4, -0.2) is 25.7 Å². The van der Waals surface area contributed by atoms with Gasteiger partial charge in [0.05, 0.1) is 0 Å². The van der Waals surface area contributed by atoms with E-state index in [1.54, 1.807) is 0 Å². The molecule has 4 heteroatoms. The zero-order chi connectivity index (χ0) is 22.5. The van der Waals surface area contributed by atoms with Crippen molar-refractivity contribution in [2.24, 2.45) is 5.92 Å². The third-order valence-electron chi connectivity index (χ3n) is 6.84. The summed E-state index contributed by atoms with van der Waals surface area (Å²) in [6.07, 6.45) is 6.05. The van der Waals surface area contributed by atoms with E-state index in [4.69, 9.17) is 4.74 Å². The lowest BCUT2D eigenvalue weighted by atomic mass is 9.98.